The predicted molar refractivity (Wildman–Crippen MR) is 52.5 cm³/mol. The first kappa shape index (κ1) is 10.8. The molecule has 2 atom stereocenters. The molecule has 0 unspecified atom stereocenters. The first-order chi connectivity index (χ1) is 6.52. The SMILES string of the molecule is C/C(=N\O)[C@@]1(C)CC=CC[C@@H]1C(=O)O. The molecular weight excluding hydrogens is 182 g/mol. The van der Waals surface area contributed by atoms with Crippen LogP contribution in [0.3, 0.4) is 0 Å². The van der Waals surface area contributed by atoms with E-state index < -0.39 is 17.3 Å². The number of carboxylic acid groups (broad SMARTS) is 1. The normalized spacial score (nSPS) is 33.0. The molecule has 0 saturated heterocycles. The van der Waals surface area contributed by atoms with Gasteiger partial charge < -0.3 is 10.3 Å². The number of allylic oxidation sites excluding steroid dienone is 2. The van der Waals surface area contributed by atoms with Gasteiger partial charge in [0.15, 0.2) is 0 Å². The second-order valence-electron chi connectivity index (χ2n) is 3.90. The van der Waals surface area contributed by atoms with E-state index in [-0.39, 0.29) is 0 Å². The Morgan fingerprint density at radius 1 is 1.57 bits per heavy atom. The lowest BCUT2D eigenvalue weighted by atomic mass is 9.67. The lowest BCUT2D eigenvalue weighted by molar-refractivity contribution is -0.144. The standard InChI is InChI=1S/C10H15NO3/c1-7(11-14)10(2)6-4-3-5-8(10)9(12)13/h3-4,8,14H,5-6H2,1-2H3,(H,12,13)/b11-7+/t8-,10-/m1/s1. The molecule has 0 saturated carbocycles. The molecule has 2 N–H and O–H groups in total. The largest absolute Gasteiger partial charge is 0.481 e. The molecule has 14 heavy (non-hydrogen) atoms. The van der Waals surface area contributed by atoms with E-state index in [0.717, 1.165) is 0 Å². The highest BCUT2D eigenvalue weighted by atomic mass is 16.4. The molecule has 4 heteroatoms. The molecule has 0 aliphatic heterocycles. The minimum Gasteiger partial charge on any atom is -0.481 e. The summed E-state index contributed by atoms with van der Waals surface area (Å²) in [6, 6.07) is 0. The number of oxime groups is 1. The van der Waals surface area contributed by atoms with E-state index in [0.29, 0.717) is 18.6 Å². The zero-order valence-corrected chi connectivity index (χ0v) is 8.40. The zero-order valence-electron chi connectivity index (χ0n) is 8.40. The van der Waals surface area contributed by atoms with Gasteiger partial charge in [-0.3, -0.25) is 4.79 Å². The number of carboxylic acids is 1. The highest BCUT2D eigenvalue weighted by molar-refractivity contribution is 5.92. The molecule has 0 bridgehead atoms. The molecule has 0 aromatic carbocycles. The van der Waals surface area contributed by atoms with E-state index in [9.17, 15) is 4.79 Å². The van der Waals surface area contributed by atoms with E-state index in [2.05, 4.69) is 5.16 Å². The maximum Gasteiger partial charge on any atom is 0.307 e. The van der Waals surface area contributed by atoms with Gasteiger partial charge in [0.1, 0.15) is 0 Å². The minimum absolute atomic E-state index is 0.481. The van der Waals surface area contributed by atoms with Crippen molar-refractivity contribution in [3.63, 3.8) is 0 Å². The highest BCUT2D eigenvalue weighted by Crippen LogP contribution is 2.39. The van der Waals surface area contributed by atoms with Crippen LogP contribution in [0.4, 0.5) is 0 Å². The van der Waals surface area contributed by atoms with Crippen molar-refractivity contribution in [1.29, 1.82) is 0 Å². The first-order valence-corrected chi connectivity index (χ1v) is 4.59. The van der Waals surface area contributed by atoms with Gasteiger partial charge in [-0.05, 0) is 19.8 Å². The Balaban J connectivity index is 3.04. The molecule has 1 aliphatic carbocycles. The van der Waals surface area contributed by atoms with Crippen LogP contribution in [0, 0.1) is 11.3 Å². The summed E-state index contributed by atoms with van der Waals surface area (Å²) in [6.45, 7) is 3.49. The second-order valence-corrected chi connectivity index (χ2v) is 3.90. The topological polar surface area (TPSA) is 69.9 Å². The fraction of sp³-hybridized carbons (Fsp3) is 0.600. The van der Waals surface area contributed by atoms with Gasteiger partial charge >= 0.3 is 5.97 Å². The van der Waals surface area contributed by atoms with Crippen LogP contribution < -0.4 is 0 Å². The Kier molecular flexibility index (Phi) is 2.93. The van der Waals surface area contributed by atoms with Crippen LogP contribution in [0.2, 0.25) is 0 Å². The monoisotopic (exact) mass is 197 g/mol. The maximum absolute atomic E-state index is 11.0. The van der Waals surface area contributed by atoms with Crippen LogP contribution in [-0.4, -0.2) is 22.0 Å². The zero-order chi connectivity index (χ0) is 10.8. The maximum atomic E-state index is 11.0. The molecule has 0 fully saturated rings. The molecule has 0 heterocycles. The predicted octanol–water partition coefficient (Wildman–Crippen LogP) is 1.89. The fourth-order valence-corrected chi connectivity index (χ4v) is 1.85. The Morgan fingerprint density at radius 3 is 2.71 bits per heavy atom. The summed E-state index contributed by atoms with van der Waals surface area (Å²) in [4.78, 5) is 11.0. The summed E-state index contributed by atoms with van der Waals surface area (Å²) < 4.78 is 0. The van der Waals surface area contributed by atoms with Gasteiger partial charge in [0, 0.05) is 5.41 Å². The summed E-state index contributed by atoms with van der Waals surface area (Å²) in [5.41, 5.74) is -0.0794. The molecule has 1 rings (SSSR count). The molecule has 0 radical (unpaired) electrons. The molecular formula is C10H15NO3. The molecule has 4 nitrogen and oxygen atoms in total. The number of aliphatic carboxylic acids is 1. The lowest BCUT2D eigenvalue weighted by Gasteiger charge is -2.35. The van der Waals surface area contributed by atoms with Crippen LogP contribution >= 0.6 is 0 Å². The van der Waals surface area contributed by atoms with E-state index in [1.807, 2.05) is 19.1 Å². The summed E-state index contributed by atoms with van der Waals surface area (Å²) in [7, 11) is 0. The van der Waals surface area contributed by atoms with Gasteiger partial charge in [-0.15, -0.1) is 0 Å². The van der Waals surface area contributed by atoms with E-state index in [1.165, 1.54) is 0 Å². The third-order valence-electron chi connectivity index (χ3n) is 3.12. The van der Waals surface area contributed by atoms with Crippen molar-refractivity contribution in [2.24, 2.45) is 16.5 Å². The molecule has 78 valence electrons. The van der Waals surface area contributed by atoms with Crippen LogP contribution in [0.1, 0.15) is 26.7 Å². The Labute approximate surface area is 82.9 Å². The van der Waals surface area contributed by atoms with Gasteiger partial charge in [0.25, 0.3) is 0 Å². The molecule has 0 aromatic rings. The quantitative estimate of drug-likeness (QED) is 0.307. The van der Waals surface area contributed by atoms with Crippen molar-refractivity contribution in [2.75, 3.05) is 0 Å². The van der Waals surface area contributed by atoms with Crippen LogP contribution in [0.25, 0.3) is 0 Å². The minimum atomic E-state index is -0.833. The summed E-state index contributed by atoms with van der Waals surface area (Å²) >= 11 is 0. The molecule has 0 spiro atoms. The van der Waals surface area contributed by atoms with Crippen molar-refractivity contribution in [2.45, 2.75) is 26.7 Å². The van der Waals surface area contributed by atoms with Crippen molar-refractivity contribution in [1.82, 2.24) is 0 Å². The Morgan fingerprint density at radius 2 is 2.21 bits per heavy atom. The second kappa shape index (κ2) is 3.82. The lowest BCUT2D eigenvalue weighted by Crippen LogP contribution is -2.40. The third kappa shape index (κ3) is 1.64. The third-order valence-corrected chi connectivity index (χ3v) is 3.12. The van der Waals surface area contributed by atoms with E-state index >= 15 is 0 Å². The average molecular weight is 197 g/mol. The number of hydrogen-bond acceptors (Lipinski definition) is 3. The number of carbonyl (C=O) groups is 1. The van der Waals surface area contributed by atoms with Gasteiger partial charge in [0.05, 0.1) is 11.6 Å². The van der Waals surface area contributed by atoms with Gasteiger partial charge in [-0.25, -0.2) is 0 Å². The first-order valence-electron chi connectivity index (χ1n) is 4.59. The van der Waals surface area contributed by atoms with Crippen molar-refractivity contribution in [3.8, 4) is 0 Å². The molecule has 0 aromatic heterocycles. The molecule has 1 aliphatic rings. The average Bonchev–Trinajstić information content (AvgIpc) is 2.16. The van der Waals surface area contributed by atoms with Gasteiger partial charge in [-0.1, -0.05) is 24.2 Å². The Bertz CT molecular complexity index is 296. The number of nitrogens with zero attached hydrogens (tertiary/aromatic N) is 1. The van der Waals surface area contributed by atoms with Crippen molar-refractivity contribution in [3.05, 3.63) is 12.2 Å². The summed E-state index contributed by atoms with van der Waals surface area (Å²) in [5.74, 6) is -1.33. The number of hydrogen-bond donors (Lipinski definition) is 2. The summed E-state index contributed by atoms with van der Waals surface area (Å²) in [5, 5.41) is 20.9. The Hall–Kier alpha value is -1.32. The van der Waals surface area contributed by atoms with Crippen molar-refractivity contribution >= 4 is 11.7 Å². The van der Waals surface area contributed by atoms with Crippen LogP contribution in [0.5, 0.6) is 0 Å². The van der Waals surface area contributed by atoms with E-state index in [1.54, 1.807) is 6.92 Å². The smallest absolute Gasteiger partial charge is 0.307 e. The van der Waals surface area contributed by atoms with Gasteiger partial charge in [-0.2, -0.15) is 0 Å². The fourth-order valence-electron chi connectivity index (χ4n) is 1.85. The number of rotatable bonds is 2. The highest BCUT2D eigenvalue weighted by Gasteiger charge is 2.42. The van der Waals surface area contributed by atoms with Crippen molar-refractivity contribution < 1.29 is 15.1 Å². The van der Waals surface area contributed by atoms with Gasteiger partial charge in [0.2, 0.25) is 0 Å². The van der Waals surface area contributed by atoms with E-state index in [4.69, 9.17) is 10.3 Å². The van der Waals surface area contributed by atoms with Crippen LogP contribution in [0.15, 0.2) is 17.3 Å². The summed E-state index contributed by atoms with van der Waals surface area (Å²) in [6.07, 6.45) is 4.91. The van der Waals surface area contributed by atoms with Crippen LogP contribution in [-0.2, 0) is 4.79 Å². The molecule has 0 amide bonds.